The molecule has 42 heavy (non-hydrogen) atoms. The van der Waals surface area contributed by atoms with Crippen molar-refractivity contribution in [1.82, 2.24) is 20.5 Å². The molecule has 0 aliphatic carbocycles. The third kappa shape index (κ3) is 6.99. The molecule has 3 amide bonds. The smallest absolute Gasteiger partial charge is 0.254 e. The van der Waals surface area contributed by atoms with Gasteiger partial charge < -0.3 is 15.1 Å². The maximum atomic E-state index is 12.9. The van der Waals surface area contributed by atoms with E-state index in [0.717, 1.165) is 72.1 Å². The van der Waals surface area contributed by atoms with Gasteiger partial charge in [-0.25, -0.2) is 4.98 Å². The number of halogens is 1. The van der Waals surface area contributed by atoms with Crippen molar-refractivity contribution in [2.24, 2.45) is 5.92 Å². The van der Waals surface area contributed by atoms with Crippen LogP contribution in [0.3, 0.4) is 0 Å². The number of imide groups is 1. The normalized spacial score (nSPS) is 15.9. The number of fused-ring (bicyclic) bond motifs is 1. The summed E-state index contributed by atoms with van der Waals surface area (Å²) in [6, 6.07) is 16.1. The Hall–Kier alpha value is -3.75. The lowest BCUT2D eigenvalue weighted by atomic mass is 9.96. The van der Waals surface area contributed by atoms with Crippen molar-refractivity contribution in [2.45, 2.75) is 58.7 Å². The van der Waals surface area contributed by atoms with Gasteiger partial charge in [-0.2, -0.15) is 0 Å². The Bertz CT molecular complexity index is 1450. The molecule has 5 rings (SSSR count). The van der Waals surface area contributed by atoms with Crippen molar-refractivity contribution in [3.8, 4) is 11.1 Å². The minimum Gasteiger partial charge on any atom is -0.356 e. The average molecular weight is 588 g/mol. The first-order chi connectivity index (χ1) is 20.3. The summed E-state index contributed by atoms with van der Waals surface area (Å²) in [7, 11) is 0. The second-order valence-electron chi connectivity index (χ2n) is 11.4. The summed E-state index contributed by atoms with van der Waals surface area (Å²) >= 11 is 6.17. The number of nitrogens with zero attached hydrogens (tertiary/aromatic N) is 3. The molecule has 1 aromatic heterocycles. The van der Waals surface area contributed by atoms with E-state index in [2.05, 4.69) is 40.7 Å². The first-order valence-electron chi connectivity index (χ1n) is 14.7. The van der Waals surface area contributed by atoms with Crippen LogP contribution in [0.25, 0.3) is 11.1 Å². The fraction of sp³-hybridized carbons (Fsp3) is 0.394. The van der Waals surface area contributed by atoms with Gasteiger partial charge in [0.05, 0.1) is 0 Å². The van der Waals surface area contributed by atoms with E-state index in [0.29, 0.717) is 25.3 Å². The van der Waals surface area contributed by atoms with Crippen LogP contribution >= 0.6 is 11.6 Å². The zero-order valence-corrected chi connectivity index (χ0v) is 25.0. The number of hydrogen-bond acceptors (Lipinski definition) is 6. The predicted molar refractivity (Wildman–Crippen MR) is 165 cm³/mol. The van der Waals surface area contributed by atoms with E-state index in [9.17, 15) is 14.4 Å². The highest BCUT2D eigenvalue weighted by Gasteiger charge is 2.31. The van der Waals surface area contributed by atoms with Crippen LogP contribution < -0.4 is 15.5 Å². The van der Waals surface area contributed by atoms with Crippen molar-refractivity contribution >= 4 is 35.6 Å². The van der Waals surface area contributed by atoms with Crippen LogP contribution in [0, 0.1) is 12.8 Å². The molecule has 3 heterocycles. The molecule has 1 unspecified atom stereocenters. The molecular weight excluding hydrogens is 550 g/mol. The fourth-order valence-corrected chi connectivity index (χ4v) is 6.18. The average Bonchev–Trinajstić information content (AvgIpc) is 3.32. The Labute approximate surface area is 252 Å². The molecule has 1 saturated heterocycles. The SMILES string of the molecule is Cc1cc(-c2cccc(Cl)c2)cnc1N1CCC(CNCc2ccc3c(c2)CN(C(C)CCC(=O)NC=O)C3=O)CC1. The van der Waals surface area contributed by atoms with E-state index in [1.54, 1.807) is 0 Å². The lowest BCUT2D eigenvalue weighted by molar-refractivity contribution is -0.125. The monoisotopic (exact) mass is 587 g/mol. The topological polar surface area (TPSA) is 94.6 Å². The van der Waals surface area contributed by atoms with Crippen molar-refractivity contribution in [3.05, 3.63) is 82.0 Å². The summed E-state index contributed by atoms with van der Waals surface area (Å²) in [6.45, 7) is 8.31. The molecule has 220 valence electrons. The number of piperidine rings is 1. The molecule has 2 aliphatic rings. The largest absolute Gasteiger partial charge is 0.356 e. The Morgan fingerprint density at radius 1 is 1.14 bits per heavy atom. The summed E-state index contributed by atoms with van der Waals surface area (Å²) in [5.41, 5.74) is 6.26. The summed E-state index contributed by atoms with van der Waals surface area (Å²) in [5.74, 6) is 1.35. The Kier molecular flexibility index (Phi) is 9.55. The van der Waals surface area contributed by atoms with Gasteiger partial charge in [0.2, 0.25) is 12.3 Å². The van der Waals surface area contributed by atoms with Gasteiger partial charge in [0.1, 0.15) is 5.82 Å². The highest BCUT2D eigenvalue weighted by molar-refractivity contribution is 6.30. The lowest BCUT2D eigenvalue weighted by Crippen LogP contribution is -2.38. The quantitative estimate of drug-likeness (QED) is 0.303. The number of amides is 3. The lowest BCUT2D eigenvalue weighted by Gasteiger charge is -2.34. The molecule has 0 bridgehead atoms. The highest BCUT2D eigenvalue weighted by atomic mass is 35.5. The summed E-state index contributed by atoms with van der Waals surface area (Å²) < 4.78 is 0. The molecule has 1 fully saturated rings. The molecule has 9 heteroatoms. The first-order valence-corrected chi connectivity index (χ1v) is 15.0. The first kappa shape index (κ1) is 29.7. The van der Waals surface area contributed by atoms with Crippen molar-refractivity contribution < 1.29 is 14.4 Å². The number of nitrogens with one attached hydrogen (secondary N) is 2. The van der Waals surface area contributed by atoms with Gasteiger partial charge in [0.25, 0.3) is 5.91 Å². The van der Waals surface area contributed by atoms with Crippen LogP contribution in [-0.4, -0.2) is 53.8 Å². The number of carbonyl (C=O) groups is 3. The maximum absolute atomic E-state index is 12.9. The number of hydrogen-bond donors (Lipinski definition) is 2. The van der Waals surface area contributed by atoms with Gasteiger partial charge in [-0.1, -0.05) is 35.9 Å². The van der Waals surface area contributed by atoms with Crippen LogP contribution in [-0.2, 0) is 22.7 Å². The number of anilines is 1. The van der Waals surface area contributed by atoms with Gasteiger partial charge in [-0.05, 0) is 92.1 Å². The molecule has 1 atom stereocenters. The minimum absolute atomic E-state index is 0.00314. The second-order valence-corrected chi connectivity index (χ2v) is 11.9. The van der Waals surface area contributed by atoms with E-state index >= 15 is 0 Å². The number of carbonyl (C=O) groups excluding carboxylic acids is 3. The van der Waals surface area contributed by atoms with Gasteiger partial charge >= 0.3 is 0 Å². The fourth-order valence-electron chi connectivity index (χ4n) is 5.99. The van der Waals surface area contributed by atoms with E-state index in [1.165, 1.54) is 11.1 Å². The number of benzene rings is 2. The van der Waals surface area contributed by atoms with Crippen LogP contribution in [0.1, 0.15) is 59.7 Å². The highest BCUT2D eigenvalue weighted by Crippen LogP contribution is 2.30. The van der Waals surface area contributed by atoms with E-state index < -0.39 is 0 Å². The maximum Gasteiger partial charge on any atom is 0.254 e. The Morgan fingerprint density at radius 2 is 1.95 bits per heavy atom. The molecule has 2 N–H and O–H groups in total. The van der Waals surface area contributed by atoms with E-state index in [1.807, 2.05) is 48.4 Å². The second kappa shape index (κ2) is 13.5. The third-order valence-corrected chi connectivity index (χ3v) is 8.66. The summed E-state index contributed by atoms with van der Waals surface area (Å²) in [4.78, 5) is 44.0. The van der Waals surface area contributed by atoms with Crippen LogP contribution in [0.5, 0.6) is 0 Å². The zero-order chi connectivity index (χ0) is 29.6. The van der Waals surface area contributed by atoms with Crippen molar-refractivity contribution in [3.63, 3.8) is 0 Å². The standard InChI is InChI=1S/C33H38ClN5O3/c1-22-14-27(26-4-3-5-29(34)16-26)19-36-32(22)38-12-10-24(11-13-38)17-35-18-25-7-8-30-28(15-25)20-39(33(30)42)23(2)6-9-31(41)37-21-40/h3-5,7-8,14-16,19,21,23-24,35H,6,9-13,17-18,20H2,1-2H3,(H,37,40,41). The van der Waals surface area contributed by atoms with Crippen LogP contribution in [0.4, 0.5) is 5.82 Å². The number of pyridine rings is 1. The molecule has 0 saturated carbocycles. The minimum atomic E-state index is -0.324. The molecule has 0 spiro atoms. The van der Waals surface area contributed by atoms with E-state index in [-0.39, 0.29) is 24.3 Å². The van der Waals surface area contributed by atoms with Gasteiger partial charge in [-0.15, -0.1) is 0 Å². The third-order valence-electron chi connectivity index (χ3n) is 8.43. The molecular formula is C33H38ClN5O3. The zero-order valence-electron chi connectivity index (χ0n) is 24.2. The predicted octanol–water partition coefficient (Wildman–Crippen LogP) is 5.11. The number of rotatable bonds is 11. The molecule has 2 aromatic carbocycles. The molecule has 2 aliphatic heterocycles. The number of aryl methyl sites for hydroxylation is 1. The van der Waals surface area contributed by atoms with E-state index in [4.69, 9.17) is 16.6 Å². The van der Waals surface area contributed by atoms with Gasteiger partial charge in [0.15, 0.2) is 0 Å². The summed E-state index contributed by atoms with van der Waals surface area (Å²) in [6.07, 6.45) is 5.28. The van der Waals surface area contributed by atoms with Crippen LogP contribution in [0.2, 0.25) is 5.02 Å². The Balaban J connectivity index is 1.08. The molecule has 8 nitrogen and oxygen atoms in total. The van der Waals surface area contributed by atoms with Crippen molar-refractivity contribution in [1.29, 1.82) is 0 Å². The Morgan fingerprint density at radius 3 is 2.69 bits per heavy atom. The van der Waals surface area contributed by atoms with Crippen molar-refractivity contribution in [2.75, 3.05) is 24.5 Å². The van der Waals surface area contributed by atoms with Crippen LogP contribution in [0.15, 0.2) is 54.7 Å². The van der Waals surface area contributed by atoms with Gasteiger partial charge in [-0.3, -0.25) is 19.7 Å². The molecule has 0 radical (unpaired) electrons. The summed E-state index contributed by atoms with van der Waals surface area (Å²) in [5, 5.41) is 6.51. The van der Waals surface area contributed by atoms with Gasteiger partial charge in [0, 0.05) is 61.0 Å². The molecule has 3 aromatic rings. The number of aromatic nitrogens is 1.